The van der Waals surface area contributed by atoms with E-state index < -0.39 is 0 Å². The Morgan fingerprint density at radius 3 is 2.56 bits per heavy atom. The van der Waals surface area contributed by atoms with E-state index in [-0.39, 0.29) is 12.1 Å². The van der Waals surface area contributed by atoms with Crippen molar-refractivity contribution < 1.29 is 4.79 Å². The second kappa shape index (κ2) is 4.81. The molecular weight excluding hydrogens is 248 g/mol. The molecule has 3 rings (SSSR count). The molecule has 0 spiro atoms. The molecule has 1 aliphatic heterocycles. The number of benzene rings is 1. The molecule has 96 valence electrons. The number of nitrogens with one attached hydrogen (secondary N) is 1. The summed E-state index contributed by atoms with van der Waals surface area (Å²) in [6.07, 6.45) is 3.57. The van der Waals surface area contributed by atoms with Crippen molar-refractivity contribution in [1.29, 1.82) is 0 Å². The molecule has 0 bridgehead atoms. The monoisotopic (exact) mass is 264 g/mol. The quantitative estimate of drug-likeness (QED) is 0.893. The van der Waals surface area contributed by atoms with Crippen LogP contribution in [0.25, 0.3) is 0 Å². The number of hydrogen-bond acceptors (Lipinski definition) is 1. The van der Waals surface area contributed by atoms with Crippen LogP contribution in [0, 0.1) is 5.92 Å². The number of likely N-dealkylation sites (tertiary alicyclic amines) is 1. The van der Waals surface area contributed by atoms with Gasteiger partial charge in [-0.15, -0.1) is 0 Å². The minimum Gasteiger partial charge on any atom is -0.338 e. The molecule has 2 amide bonds. The van der Waals surface area contributed by atoms with E-state index in [0.717, 1.165) is 30.5 Å². The highest BCUT2D eigenvalue weighted by Crippen LogP contribution is 2.34. The molecule has 1 atom stereocenters. The van der Waals surface area contributed by atoms with Crippen molar-refractivity contribution in [3.8, 4) is 0 Å². The summed E-state index contributed by atoms with van der Waals surface area (Å²) >= 11 is 5.88. The highest BCUT2D eigenvalue weighted by atomic mass is 35.5. The molecule has 2 aliphatic rings. The summed E-state index contributed by atoms with van der Waals surface area (Å²) in [7, 11) is 0. The van der Waals surface area contributed by atoms with E-state index in [4.69, 9.17) is 11.6 Å². The average Bonchev–Trinajstić information content (AvgIpc) is 3.12. The summed E-state index contributed by atoms with van der Waals surface area (Å²) in [5.74, 6) is 0.726. The number of nitrogens with zero attached hydrogens (tertiary/aromatic N) is 1. The van der Waals surface area contributed by atoms with Gasteiger partial charge in [-0.05, 0) is 42.9 Å². The summed E-state index contributed by atoms with van der Waals surface area (Å²) in [4.78, 5) is 13.9. The van der Waals surface area contributed by atoms with Gasteiger partial charge in [0.05, 0.1) is 6.04 Å². The first-order chi connectivity index (χ1) is 8.74. The molecule has 0 aromatic heterocycles. The Hall–Kier alpha value is -1.22. The lowest BCUT2D eigenvalue weighted by atomic mass is 9.95. The van der Waals surface area contributed by atoms with Crippen LogP contribution >= 0.6 is 11.6 Å². The normalized spacial score (nSPS) is 22.5. The van der Waals surface area contributed by atoms with Gasteiger partial charge in [0, 0.05) is 18.1 Å². The second-order valence-electron chi connectivity index (χ2n) is 5.18. The number of hydrogen-bond donors (Lipinski definition) is 1. The largest absolute Gasteiger partial charge is 0.338 e. The minimum atomic E-state index is 0.0769. The number of carbonyl (C=O) groups is 1. The van der Waals surface area contributed by atoms with Crippen LogP contribution in [0.1, 0.15) is 30.9 Å². The van der Waals surface area contributed by atoms with Crippen LogP contribution in [-0.2, 0) is 0 Å². The van der Waals surface area contributed by atoms with Gasteiger partial charge in [0.2, 0.25) is 0 Å². The molecule has 0 unspecified atom stereocenters. The highest BCUT2D eigenvalue weighted by Gasteiger charge is 2.33. The first-order valence-electron chi connectivity index (χ1n) is 6.54. The number of rotatable bonds is 3. The van der Waals surface area contributed by atoms with E-state index in [1.54, 1.807) is 0 Å². The number of carbonyl (C=O) groups excluding carboxylic acids is 1. The zero-order valence-electron chi connectivity index (χ0n) is 10.2. The van der Waals surface area contributed by atoms with Crippen LogP contribution in [0.3, 0.4) is 0 Å². The van der Waals surface area contributed by atoms with Gasteiger partial charge in [-0.1, -0.05) is 23.7 Å². The third kappa shape index (κ3) is 2.46. The predicted molar refractivity (Wildman–Crippen MR) is 71.6 cm³/mol. The lowest BCUT2D eigenvalue weighted by molar-refractivity contribution is 0.115. The minimum absolute atomic E-state index is 0.0769. The maximum absolute atomic E-state index is 12.0. The Kier molecular flexibility index (Phi) is 3.16. The highest BCUT2D eigenvalue weighted by molar-refractivity contribution is 6.30. The van der Waals surface area contributed by atoms with E-state index in [1.807, 2.05) is 29.2 Å². The molecule has 1 saturated carbocycles. The van der Waals surface area contributed by atoms with Crippen molar-refractivity contribution >= 4 is 17.6 Å². The Morgan fingerprint density at radius 1 is 1.28 bits per heavy atom. The summed E-state index contributed by atoms with van der Waals surface area (Å²) < 4.78 is 0. The zero-order valence-corrected chi connectivity index (χ0v) is 11.0. The van der Waals surface area contributed by atoms with Crippen LogP contribution in [0.15, 0.2) is 24.3 Å². The molecule has 4 heteroatoms. The topological polar surface area (TPSA) is 32.3 Å². The van der Waals surface area contributed by atoms with Gasteiger partial charge in [-0.25, -0.2) is 4.79 Å². The maximum atomic E-state index is 12.0. The average molecular weight is 265 g/mol. The molecule has 1 aromatic rings. The first-order valence-corrected chi connectivity index (χ1v) is 6.92. The summed E-state index contributed by atoms with van der Waals surface area (Å²) in [5.41, 5.74) is 1.17. The maximum Gasteiger partial charge on any atom is 0.317 e. The van der Waals surface area contributed by atoms with Gasteiger partial charge >= 0.3 is 6.03 Å². The first kappa shape index (κ1) is 11.8. The van der Waals surface area contributed by atoms with E-state index in [2.05, 4.69) is 5.32 Å². The smallest absolute Gasteiger partial charge is 0.317 e. The molecule has 2 fully saturated rings. The lowest BCUT2D eigenvalue weighted by Gasteiger charge is -2.41. The molecule has 1 aliphatic carbocycles. The van der Waals surface area contributed by atoms with Crippen molar-refractivity contribution in [2.24, 2.45) is 5.92 Å². The van der Waals surface area contributed by atoms with Crippen LogP contribution < -0.4 is 5.32 Å². The lowest BCUT2D eigenvalue weighted by Crippen LogP contribution is -2.50. The molecule has 1 heterocycles. The third-order valence-corrected chi connectivity index (χ3v) is 4.03. The van der Waals surface area contributed by atoms with Crippen LogP contribution in [0.5, 0.6) is 0 Å². The van der Waals surface area contributed by atoms with Gasteiger partial charge < -0.3 is 10.2 Å². The Labute approximate surface area is 112 Å². The number of halogens is 1. The molecule has 0 radical (unpaired) electrons. The van der Waals surface area contributed by atoms with E-state index in [9.17, 15) is 4.79 Å². The van der Waals surface area contributed by atoms with E-state index in [0.29, 0.717) is 0 Å². The van der Waals surface area contributed by atoms with E-state index >= 15 is 0 Å². The zero-order chi connectivity index (χ0) is 12.5. The van der Waals surface area contributed by atoms with Crippen molar-refractivity contribution in [2.45, 2.75) is 25.3 Å². The molecule has 18 heavy (non-hydrogen) atoms. The van der Waals surface area contributed by atoms with Crippen molar-refractivity contribution in [2.75, 3.05) is 13.1 Å². The molecule has 1 aromatic carbocycles. The fourth-order valence-corrected chi connectivity index (χ4v) is 2.44. The van der Waals surface area contributed by atoms with Gasteiger partial charge in [0.15, 0.2) is 0 Å². The van der Waals surface area contributed by atoms with Gasteiger partial charge in [0.25, 0.3) is 0 Å². The van der Waals surface area contributed by atoms with Crippen molar-refractivity contribution in [3.63, 3.8) is 0 Å². The Bertz CT molecular complexity index is 442. The molecule has 1 N–H and O–H groups in total. The van der Waals surface area contributed by atoms with Gasteiger partial charge in [0.1, 0.15) is 0 Å². The van der Waals surface area contributed by atoms with E-state index in [1.165, 1.54) is 18.4 Å². The standard InChI is InChI=1S/C14H17ClN2O/c15-12-5-3-11(4-6-12)13-7-8-17(13)14(18)16-9-10-1-2-10/h3-6,10,13H,1-2,7-9H2,(H,16,18)/t13-/m1/s1. The van der Waals surface area contributed by atoms with Crippen LogP contribution in [-0.4, -0.2) is 24.0 Å². The molecule has 3 nitrogen and oxygen atoms in total. The predicted octanol–water partition coefficient (Wildman–Crippen LogP) is 3.21. The van der Waals surface area contributed by atoms with Gasteiger partial charge in [-0.2, -0.15) is 0 Å². The number of urea groups is 1. The van der Waals surface area contributed by atoms with Crippen molar-refractivity contribution in [3.05, 3.63) is 34.9 Å². The molecular formula is C14H17ClN2O. The van der Waals surface area contributed by atoms with Crippen LogP contribution in [0.4, 0.5) is 4.79 Å². The fourth-order valence-electron chi connectivity index (χ4n) is 2.32. The third-order valence-electron chi connectivity index (χ3n) is 3.77. The SMILES string of the molecule is O=C(NCC1CC1)N1CC[C@@H]1c1ccc(Cl)cc1. The second-order valence-corrected chi connectivity index (χ2v) is 5.62. The Morgan fingerprint density at radius 2 is 2.00 bits per heavy atom. The fraction of sp³-hybridized carbons (Fsp3) is 0.500. The van der Waals surface area contributed by atoms with Crippen LogP contribution in [0.2, 0.25) is 5.02 Å². The van der Waals surface area contributed by atoms with Gasteiger partial charge in [-0.3, -0.25) is 0 Å². The van der Waals surface area contributed by atoms with Crippen molar-refractivity contribution in [1.82, 2.24) is 10.2 Å². The molecule has 1 saturated heterocycles. The number of amides is 2. The summed E-state index contributed by atoms with van der Waals surface area (Å²) in [6, 6.07) is 8.08. The Balaban J connectivity index is 1.59. The summed E-state index contributed by atoms with van der Waals surface area (Å²) in [6.45, 7) is 1.69. The summed E-state index contributed by atoms with van der Waals surface area (Å²) in [5, 5.41) is 3.76.